The van der Waals surface area contributed by atoms with Crippen LogP contribution in [-0.2, 0) is 28.6 Å². The van der Waals surface area contributed by atoms with Gasteiger partial charge in [-0.3, -0.25) is 14.4 Å². The zero-order chi connectivity index (χ0) is 45.8. The number of hydrogen-bond acceptors (Lipinski definition) is 6. The molecule has 364 valence electrons. The van der Waals surface area contributed by atoms with Crippen molar-refractivity contribution < 1.29 is 28.6 Å². The zero-order valence-electron chi connectivity index (χ0n) is 41.6. The van der Waals surface area contributed by atoms with E-state index in [1.807, 2.05) is 0 Å². The minimum absolute atomic E-state index is 0.0874. The average molecular weight is 881 g/mol. The lowest BCUT2D eigenvalue weighted by molar-refractivity contribution is -0.167. The van der Waals surface area contributed by atoms with Crippen LogP contribution in [0.1, 0.15) is 265 Å². The molecular formula is C57H100O6. The van der Waals surface area contributed by atoms with Gasteiger partial charge < -0.3 is 14.2 Å². The molecule has 0 unspecified atom stereocenters. The molecule has 0 N–H and O–H groups in total. The third kappa shape index (κ3) is 50.0. The maximum atomic E-state index is 12.8. The monoisotopic (exact) mass is 881 g/mol. The van der Waals surface area contributed by atoms with Crippen molar-refractivity contribution in [1.29, 1.82) is 0 Å². The highest BCUT2D eigenvalue weighted by atomic mass is 16.6. The molecule has 0 atom stereocenters. The van der Waals surface area contributed by atoms with Crippen LogP contribution in [-0.4, -0.2) is 37.2 Å². The van der Waals surface area contributed by atoms with Crippen molar-refractivity contribution in [1.82, 2.24) is 0 Å². The summed E-state index contributed by atoms with van der Waals surface area (Å²) < 4.78 is 16.8. The lowest BCUT2D eigenvalue weighted by Gasteiger charge is -2.18. The number of unbranched alkanes of at least 4 members (excludes halogenated alkanes) is 27. The van der Waals surface area contributed by atoms with Gasteiger partial charge in [0.25, 0.3) is 0 Å². The second kappa shape index (κ2) is 51.7. The van der Waals surface area contributed by atoms with Crippen LogP contribution in [0.4, 0.5) is 0 Å². The number of carbonyl (C=O) groups is 3. The van der Waals surface area contributed by atoms with E-state index in [0.717, 1.165) is 96.3 Å². The first-order chi connectivity index (χ1) is 31.0. The van der Waals surface area contributed by atoms with Gasteiger partial charge in [-0.25, -0.2) is 0 Å². The summed E-state index contributed by atoms with van der Waals surface area (Å²) in [4.78, 5) is 38.0. The fourth-order valence-electron chi connectivity index (χ4n) is 7.38. The van der Waals surface area contributed by atoms with E-state index in [1.54, 1.807) is 0 Å². The van der Waals surface area contributed by atoms with Crippen LogP contribution in [0, 0.1) is 0 Å². The molecule has 0 fully saturated rings. The van der Waals surface area contributed by atoms with Crippen LogP contribution >= 0.6 is 0 Å². The van der Waals surface area contributed by atoms with Crippen molar-refractivity contribution in [2.75, 3.05) is 13.2 Å². The molecule has 6 nitrogen and oxygen atoms in total. The van der Waals surface area contributed by atoms with Gasteiger partial charge in [-0.05, 0) is 109 Å². The van der Waals surface area contributed by atoms with Crippen LogP contribution < -0.4 is 0 Å². The molecule has 0 rings (SSSR count). The van der Waals surface area contributed by atoms with Gasteiger partial charge in [-0.2, -0.15) is 0 Å². The maximum absolute atomic E-state index is 12.8. The molecule has 0 aliphatic heterocycles. The van der Waals surface area contributed by atoms with E-state index < -0.39 is 6.10 Å². The van der Waals surface area contributed by atoms with Crippen LogP contribution in [0.3, 0.4) is 0 Å². The van der Waals surface area contributed by atoms with Crippen LogP contribution in [0.15, 0.2) is 60.8 Å². The number of rotatable bonds is 48. The van der Waals surface area contributed by atoms with Crippen molar-refractivity contribution in [3.8, 4) is 0 Å². The third-order valence-corrected chi connectivity index (χ3v) is 11.5. The molecule has 0 aliphatic carbocycles. The molecule has 0 heterocycles. The van der Waals surface area contributed by atoms with E-state index in [9.17, 15) is 14.4 Å². The number of ether oxygens (including phenoxy) is 3. The van der Waals surface area contributed by atoms with Gasteiger partial charge in [0.1, 0.15) is 13.2 Å². The summed E-state index contributed by atoms with van der Waals surface area (Å²) in [5, 5.41) is 0. The van der Waals surface area contributed by atoms with Crippen molar-refractivity contribution in [2.24, 2.45) is 0 Å². The van der Waals surface area contributed by atoms with E-state index in [4.69, 9.17) is 14.2 Å². The molecule has 63 heavy (non-hydrogen) atoms. The standard InChI is InChI=1S/C57H100O6/c1-4-7-10-13-16-19-22-25-28-31-34-37-40-43-46-49-55(58)61-52-54(63-57(60)51-48-45-42-39-36-33-30-27-24-21-18-15-12-9-6-3)53-62-56(59)50-47-44-41-38-35-32-29-26-23-20-17-14-11-8-5-2/h16-17,19-21,24-26,28-29,54H,4-15,18,22-23,27,30-53H2,1-3H3. The summed E-state index contributed by atoms with van der Waals surface area (Å²) in [6, 6.07) is 0. The molecule has 0 aromatic rings. The van der Waals surface area contributed by atoms with Crippen molar-refractivity contribution in [2.45, 2.75) is 271 Å². The molecule has 0 bridgehead atoms. The summed E-state index contributed by atoms with van der Waals surface area (Å²) >= 11 is 0. The Morgan fingerprint density at radius 3 is 0.921 bits per heavy atom. The molecule has 0 radical (unpaired) electrons. The van der Waals surface area contributed by atoms with E-state index in [-0.39, 0.29) is 31.1 Å². The van der Waals surface area contributed by atoms with Gasteiger partial charge in [0.2, 0.25) is 0 Å². The van der Waals surface area contributed by atoms with Gasteiger partial charge >= 0.3 is 17.9 Å². The molecule has 0 aliphatic rings. The fourth-order valence-corrected chi connectivity index (χ4v) is 7.38. The first-order valence-electron chi connectivity index (χ1n) is 26.8. The summed E-state index contributed by atoms with van der Waals surface area (Å²) in [6.45, 7) is 6.56. The zero-order valence-corrected chi connectivity index (χ0v) is 41.6. The predicted molar refractivity (Wildman–Crippen MR) is 270 cm³/mol. The molecule has 0 aromatic heterocycles. The number of esters is 3. The summed E-state index contributed by atoms with van der Waals surface area (Å²) in [5.74, 6) is -0.913. The van der Waals surface area contributed by atoms with Crippen molar-refractivity contribution in [3.63, 3.8) is 0 Å². The second-order valence-electron chi connectivity index (χ2n) is 17.8. The summed E-state index contributed by atoms with van der Waals surface area (Å²) in [5.41, 5.74) is 0. The van der Waals surface area contributed by atoms with Gasteiger partial charge in [0.15, 0.2) is 6.10 Å². The van der Waals surface area contributed by atoms with Crippen LogP contribution in [0.2, 0.25) is 0 Å². The molecule has 0 amide bonds. The van der Waals surface area contributed by atoms with Crippen molar-refractivity contribution in [3.05, 3.63) is 60.8 Å². The Morgan fingerprint density at radius 1 is 0.317 bits per heavy atom. The van der Waals surface area contributed by atoms with E-state index in [0.29, 0.717) is 19.3 Å². The van der Waals surface area contributed by atoms with Gasteiger partial charge in [-0.15, -0.1) is 0 Å². The highest BCUT2D eigenvalue weighted by Crippen LogP contribution is 2.14. The fraction of sp³-hybridized carbons (Fsp3) is 0.772. The Morgan fingerprint density at radius 2 is 0.571 bits per heavy atom. The maximum Gasteiger partial charge on any atom is 0.306 e. The molecule has 0 spiro atoms. The van der Waals surface area contributed by atoms with E-state index in [2.05, 4.69) is 81.5 Å². The number of hydrogen-bond donors (Lipinski definition) is 0. The minimum atomic E-state index is -0.787. The topological polar surface area (TPSA) is 78.9 Å². The van der Waals surface area contributed by atoms with Crippen LogP contribution in [0.5, 0.6) is 0 Å². The van der Waals surface area contributed by atoms with E-state index >= 15 is 0 Å². The first-order valence-corrected chi connectivity index (χ1v) is 26.8. The highest BCUT2D eigenvalue weighted by molar-refractivity contribution is 5.71. The second-order valence-corrected chi connectivity index (χ2v) is 17.8. The average Bonchev–Trinajstić information content (AvgIpc) is 3.28. The Hall–Kier alpha value is -2.89. The van der Waals surface area contributed by atoms with Gasteiger partial charge in [0, 0.05) is 19.3 Å². The Balaban J connectivity index is 4.43. The highest BCUT2D eigenvalue weighted by Gasteiger charge is 2.19. The van der Waals surface area contributed by atoms with Crippen molar-refractivity contribution >= 4 is 17.9 Å². The molecular weight excluding hydrogens is 781 g/mol. The lowest BCUT2D eigenvalue weighted by atomic mass is 10.1. The smallest absolute Gasteiger partial charge is 0.306 e. The predicted octanol–water partition coefficient (Wildman–Crippen LogP) is 17.6. The Labute approximate surface area is 390 Å². The normalized spacial score (nSPS) is 12.5. The molecule has 0 saturated carbocycles. The SMILES string of the molecule is CCCCCC=CCC=CCCCCCCCC(=O)OCC(COC(=O)CCCCCCCC=CCC=CCCCCC)OC(=O)CCCCCCCCCC=CCCCCCC. The number of carbonyl (C=O) groups excluding carboxylic acids is 3. The summed E-state index contributed by atoms with van der Waals surface area (Å²) in [7, 11) is 0. The van der Waals surface area contributed by atoms with Crippen LogP contribution in [0.25, 0.3) is 0 Å². The first kappa shape index (κ1) is 60.1. The quantitative estimate of drug-likeness (QED) is 0.0262. The Bertz CT molecular complexity index is 1090. The minimum Gasteiger partial charge on any atom is -0.462 e. The van der Waals surface area contributed by atoms with Gasteiger partial charge in [0.05, 0.1) is 0 Å². The third-order valence-electron chi connectivity index (χ3n) is 11.5. The molecule has 0 saturated heterocycles. The van der Waals surface area contributed by atoms with Gasteiger partial charge in [-0.1, -0.05) is 197 Å². The molecule has 0 aromatic carbocycles. The largest absolute Gasteiger partial charge is 0.462 e. The van der Waals surface area contributed by atoms with E-state index in [1.165, 1.54) is 128 Å². The summed E-state index contributed by atoms with van der Waals surface area (Å²) in [6.07, 6.45) is 63.4. The molecule has 6 heteroatoms. The lowest BCUT2D eigenvalue weighted by Crippen LogP contribution is -2.30. The Kier molecular flexibility index (Phi) is 49.4. The number of allylic oxidation sites excluding steroid dienone is 10.